The van der Waals surface area contributed by atoms with Crippen LogP contribution >= 0.6 is 0 Å². The average molecular weight is 283 g/mol. The summed E-state index contributed by atoms with van der Waals surface area (Å²) in [5.74, 6) is 0.360. The molecule has 1 aromatic carbocycles. The highest BCUT2D eigenvalue weighted by Crippen LogP contribution is 2.25. The molecule has 0 amide bonds. The van der Waals surface area contributed by atoms with Gasteiger partial charge >= 0.3 is 0 Å². The summed E-state index contributed by atoms with van der Waals surface area (Å²) in [5, 5.41) is 26.1. The molecular weight excluding hydrogens is 270 g/mol. The van der Waals surface area contributed by atoms with Crippen LogP contribution in [-0.2, 0) is 6.54 Å². The predicted octanol–water partition coefficient (Wildman–Crippen LogP) is 1.69. The second-order valence-electron chi connectivity index (χ2n) is 4.39. The molecule has 0 saturated carbocycles. The van der Waals surface area contributed by atoms with Crippen LogP contribution in [0.15, 0.2) is 49.2 Å². The summed E-state index contributed by atoms with van der Waals surface area (Å²) in [5.41, 5.74) is 1.62. The van der Waals surface area contributed by atoms with E-state index in [1.54, 1.807) is 23.3 Å². The predicted molar refractivity (Wildman–Crippen MR) is 76.3 cm³/mol. The molecule has 7 nitrogen and oxygen atoms in total. The van der Waals surface area contributed by atoms with Gasteiger partial charge in [0.15, 0.2) is 17.3 Å². The van der Waals surface area contributed by atoms with E-state index < -0.39 is 0 Å². The maximum Gasteiger partial charge on any atom is 0.178 e. The van der Waals surface area contributed by atoms with Gasteiger partial charge in [-0.1, -0.05) is 6.07 Å². The number of anilines is 1. The monoisotopic (exact) mass is 283 g/mol. The molecule has 0 aliphatic rings. The van der Waals surface area contributed by atoms with Gasteiger partial charge in [-0.2, -0.15) is 5.10 Å². The fraction of sp³-hybridized carbons (Fsp3) is 0.0714. The number of aromatic hydroxyl groups is 2. The van der Waals surface area contributed by atoms with Crippen LogP contribution in [-0.4, -0.2) is 30.0 Å². The van der Waals surface area contributed by atoms with Gasteiger partial charge in [-0.05, 0) is 29.8 Å². The molecule has 0 saturated heterocycles. The summed E-state index contributed by atoms with van der Waals surface area (Å²) in [4.78, 5) is 8.18. The number of phenolic OH excluding ortho intramolecular Hbond substituents is 2. The number of nitrogens with zero attached hydrogens (tertiary/aromatic N) is 4. The summed E-state index contributed by atoms with van der Waals surface area (Å²) in [6, 6.07) is 8.39. The van der Waals surface area contributed by atoms with Crippen LogP contribution in [0.4, 0.5) is 5.69 Å². The van der Waals surface area contributed by atoms with E-state index in [0.717, 1.165) is 11.3 Å². The lowest BCUT2D eigenvalue weighted by atomic mass is 10.2. The molecule has 0 atom stereocenters. The van der Waals surface area contributed by atoms with Gasteiger partial charge in [0, 0.05) is 12.7 Å². The summed E-state index contributed by atoms with van der Waals surface area (Å²) < 4.78 is 1.57. The summed E-state index contributed by atoms with van der Waals surface area (Å²) in [6.45, 7) is 0.473. The number of hydrogen-bond acceptors (Lipinski definition) is 6. The van der Waals surface area contributed by atoms with Crippen LogP contribution in [0.3, 0.4) is 0 Å². The Hall–Kier alpha value is -3.09. The molecule has 0 aliphatic heterocycles. The molecule has 3 rings (SSSR count). The number of aromatic nitrogens is 4. The smallest absolute Gasteiger partial charge is 0.178 e. The van der Waals surface area contributed by atoms with Crippen molar-refractivity contribution in [2.75, 3.05) is 5.32 Å². The Morgan fingerprint density at radius 1 is 1.14 bits per heavy atom. The highest BCUT2D eigenvalue weighted by Gasteiger charge is 2.07. The number of hydrogen-bond donors (Lipinski definition) is 3. The van der Waals surface area contributed by atoms with Crippen molar-refractivity contribution in [3.05, 3.63) is 54.7 Å². The molecule has 3 N–H and O–H groups in total. The minimum Gasteiger partial charge on any atom is -0.504 e. The molecule has 2 aromatic heterocycles. The molecule has 2 heterocycles. The van der Waals surface area contributed by atoms with Crippen LogP contribution in [0, 0.1) is 0 Å². The minimum atomic E-state index is -0.142. The summed E-state index contributed by atoms with van der Waals surface area (Å²) in [7, 11) is 0. The summed E-state index contributed by atoms with van der Waals surface area (Å²) in [6.07, 6.45) is 4.69. The van der Waals surface area contributed by atoms with Crippen LogP contribution in [0.2, 0.25) is 0 Å². The highest BCUT2D eigenvalue weighted by atomic mass is 16.3. The van der Waals surface area contributed by atoms with Gasteiger partial charge in [0.05, 0.1) is 5.69 Å². The van der Waals surface area contributed by atoms with Crippen LogP contribution in [0.25, 0.3) is 5.82 Å². The van der Waals surface area contributed by atoms with E-state index in [9.17, 15) is 10.2 Å². The second-order valence-corrected chi connectivity index (χ2v) is 4.39. The zero-order chi connectivity index (χ0) is 14.7. The van der Waals surface area contributed by atoms with Gasteiger partial charge in [-0.25, -0.2) is 14.6 Å². The van der Waals surface area contributed by atoms with E-state index in [0.29, 0.717) is 12.4 Å². The Labute approximate surface area is 120 Å². The third-order valence-electron chi connectivity index (χ3n) is 2.95. The van der Waals surface area contributed by atoms with Crippen molar-refractivity contribution in [1.29, 1.82) is 0 Å². The van der Waals surface area contributed by atoms with Gasteiger partial charge in [0.2, 0.25) is 0 Å². The largest absolute Gasteiger partial charge is 0.504 e. The first-order valence-corrected chi connectivity index (χ1v) is 6.29. The fourth-order valence-corrected chi connectivity index (χ4v) is 1.91. The molecule has 0 unspecified atom stereocenters. The number of nitrogens with one attached hydrogen (secondary N) is 1. The van der Waals surface area contributed by atoms with Gasteiger partial charge in [0.25, 0.3) is 0 Å². The molecule has 0 radical (unpaired) electrons. The molecular formula is C14H13N5O2. The molecule has 0 bridgehead atoms. The number of pyridine rings is 1. The van der Waals surface area contributed by atoms with Crippen molar-refractivity contribution in [3.8, 4) is 17.3 Å². The zero-order valence-corrected chi connectivity index (χ0v) is 11.0. The third kappa shape index (κ3) is 2.76. The topological polar surface area (TPSA) is 96.1 Å². The van der Waals surface area contributed by atoms with E-state index >= 15 is 0 Å². The van der Waals surface area contributed by atoms with Crippen LogP contribution in [0.5, 0.6) is 11.5 Å². The molecule has 21 heavy (non-hydrogen) atoms. The molecule has 7 heteroatoms. The lowest BCUT2D eigenvalue weighted by molar-refractivity contribution is 0.403. The minimum absolute atomic E-state index is 0.136. The van der Waals surface area contributed by atoms with E-state index in [1.807, 2.05) is 12.1 Å². The fourth-order valence-electron chi connectivity index (χ4n) is 1.91. The Balaban J connectivity index is 1.81. The van der Waals surface area contributed by atoms with Crippen molar-refractivity contribution in [2.45, 2.75) is 6.54 Å². The maximum absolute atomic E-state index is 9.49. The average Bonchev–Trinajstić information content (AvgIpc) is 3.03. The van der Waals surface area contributed by atoms with Gasteiger partial charge in [-0.15, -0.1) is 0 Å². The molecule has 0 aliphatic carbocycles. The van der Waals surface area contributed by atoms with Crippen molar-refractivity contribution in [3.63, 3.8) is 0 Å². The van der Waals surface area contributed by atoms with Gasteiger partial charge in [0.1, 0.15) is 12.7 Å². The number of benzene rings is 1. The molecule has 3 aromatic rings. The number of phenols is 2. The molecule has 106 valence electrons. The Bertz CT molecular complexity index is 743. The lowest BCUT2D eigenvalue weighted by Gasteiger charge is -2.11. The van der Waals surface area contributed by atoms with Crippen molar-refractivity contribution in [2.24, 2.45) is 0 Å². The van der Waals surface area contributed by atoms with Crippen LogP contribution in [0.1, 0.15) is 5.56 Å². The summed E-state index contributed by atoms with van der Waals surface area (Å²) >= 11 is 0. The van der Waals surface area contributed by atoms with E-state index in [2.05, 4.69) is 20.4 Å². The lowest BCUT2D eigenvalue weighted by Crippen LogP contribution is -2.06. The first-order chi connectivity index (χ1) is 10.2. The van der Waals surface area contributed by atoms with Crippen molar-refractivity contribution < 1.29 is 10.2 Å². The number of rotatable bonds is 4. The third-order valence-corrected chi connectivity index (χ3v) is 2.95. The molecule has 0 spiro atoms. The molecule has 0 fully saturated rings. The van der Waals surface area contributed by atoms with E-state index in [4.69, 9.17) is 0 Å². The van der Waals surface area contributed by atoms with Gasteiger partial charge < -0.3 is 15.5 Å². The second kappa shape index (κ2) is 5.49. The van der Waals surface area contributed by atoms with E-state index in [-0.39, 0.29) is 11.5 Å². The highest BCUT2D eigenvalue weighted by molar-refractivity contribution is 5.56. The maximum atomic E-state index is 9.49. The standard InChI is InChI=1S/C14H13N5O2/c20-12-4-3-10(6-13(12)21)7-17-11-2-1-5-16-14(11)19-9-15-8-18-19/h1-6,8-9,17,20-21H,7H2. The quantitative estimate of drug-likeness (QED) is 0.630. The normalized spacial score (nSPS) is 10.5. The first kappa shape index (κ1) is 12.9. The van der Waals surface area contributed by atoms with Gasteiger partial charge in [-0.3, -0.25) is 0 Å². The SMILES string of the molecule is Oc1ccc(CNc2cccnc2-n2cncn2)cc1O. The zero-order valence-electron chi connectivity index (χ0n) is 11.0. The Morgan fingerprint density at radius 2 is 2.05 bits per heavy atom. The Morgan fingerprint density at radius 3 is 2.81 bits per heavy atom. The van der Waals surface area contributed by atoms with Crippen LogP contribution < -0.4 is 5.32 Å². The van der Waals surface area contributed by atoms with Crippen molar-refractivity contribution >= 4 is 5.69 Å². The van der Waals surface area contributed by atoms with E-state index in [1.165, 1.54) is 18.5 Å². The Kier molecular flexibility index (Phi) is 3.38. The van der Waals surface area contributed by atoms with Crippen molar-refractivity contribution in [1.82, 2.24) is 19.7 Å². The first-order valence-electron chi connectivity index (χ1n) is 6.29.